The van der Waals surface area contributed by atoms with Gasteiger partial charge in [-0.1, -0.05) is 6.07 Å². The quantitative estimate of drug-likeness (QED) is 0.835. The predicted molar refractivity (Wildman–Crippen MR) is 65.3 cm³/mol. The fourth-order valence-corrected chi connectivity index (χ4v) is 2.21. The third-order valence-corrected chi connectivity index (χ3v) is 3.08. The molecule has 2 aliphatic rings. The smallest absolute Gasteiger partial charge is 0.407 e. The van der Waals surface area contributed by atoms with Crippen LogP contribution >= 0.6 is 0 Å². The van der Waals surface area contributed by atoms with Gasteiger partial charge in [-0.25, -0.2) is 4.79 Å². The molecule has 1 saturated heterocycles. The number of fused-ring (bicyclic) bond motifs is 1. The number of amides is 1. The van der Waals surface area contributed by atoms with E-state index < -0.39 is 24.2 Å². The van der Waals surface area contributed by atoms with Gasteiger partial charge in [0.2, 0.25) is 6.79 Å². The number of carbonyl (C=O) groups excluding carboxylic acids is 2. The Labute approximate surface area is 114 Å². The summed E-state index contributed by atoms with van der Waals surface area (Å²) >= 11 is 0. The van der Waals surface area contributed by atoms with Crippen LogP contribution in [-0.4, -0.2) is 31.5 Å². The monoisotopic (exact) mass is 279 g/mol. The number of alkyl carbamates (subject to hydrolysis) is 1. The van der Waals surface area contributed by atoms with E-state index in [0.717, 1.165) is 0 Å². The molecule has 1 fully saturated rings. The lowest BCUT2D eigenvalue weighted by molar-refractivity contribution is -0.148. The second-order valence-electron chi connectivity index (χ2n) is 4.49. The van der Waals surface area contributed by atoms with E-state index in [0.29, 0.717) is 17.1 Å². The second-order valence-corrected chi connectivity index (χ2v) is 4.49. The largest absolute Gasteiger partial charge is 0.455 e. The van der Waals surface area contributed by atoms with Gasteiger partial charge in [-0.3, -0.25) is 4.79 Å². The van der Waals surface area contributed by atoms with E-state index in [1.54, 1.807) is 18.2 Å². The van der Waals surface area contributed by atoms with Crippen molar-refractivity contribution in [1.29, 1.82) is 0 Å². The second kappa shape index (κ2) is 4.92. The molecule has 1 amide bonds. The molecular formula is C13H13NO6. The van der Waals surface area contributed by atoms with Crippen LogP contribution in [0.2, 0.25) is 0 Å². The zero-order valence-corrected chi connectivity index (χ0v) is 10.8. The van der Waals surface area contributed by atoms with Gasteiger partial charge in [-0.05, 0) is 17.7 Å². The van der Waals surface area contributed by atoms with Crippen LogP contribution in [-0.2, 0) is 14.3 Å². The highest BCUT2D eigenvalue weighted by Gasteiger charge is 2.34. The number of esters is 1. The van der Waals surface area contributed by atoms with E-state index in [2.05, 4.69) is 5.32 Å². The number of carbonyl (C=O) groups is 2. The zero-order valence-electron chi connectivity index (χ0n) is 10.8. The van der Waals surface area contributed by atoms with E-state index in [9.17, 15) is 9.59 Å². The van der Waals surface area contributed by atoms with Crippen LogP contribution < -0.4 is 14.8 Å². The molecule has 7 nitrogen and oxygen atoms in total. The summed E-state index contributed by atoms with van der Waals surface area (Å²) in [5.74, 6) is 0.792. The van der Waals surface area contributed by atoms with Gasteiger partial charge < -0.3 is 24.3 Å². The number of cyclic esters (lactones) is 1. The zero-order chi connectivity index (χ0) is 14.1. The van der Waals surface area contributed by atoms with Crippen molar-refractivity contribution in [2.45, 2.75) is 19.1 Å². The first-order valence-electron chi connectivity index (χ1n) is 6.13. The Bertz CT molecular complexity index is 558. The number of nitrogens with one attached hydrogen (secondary N) is 1. The van der Waals surface area contributed by atoms with Crippen LogP contribution in [0.25, 0.3) is 0 Å². The summed E-state index contributed by atoms with van der Waals surface area (Å²) in [5, 5.41) is 2.62. The Balaban J connectivity index is 1.88. The minimum atomic E-state index is -0.631. The van der Waals surface area contributed by atoms with Gasteiger partial charge in [-0.2, -0.15) is 0 Å². The highest BCUT2D eigenvalue weighted by Crippen LogP contribution is 2.36. The molecular weight excluding hydrogens is 266 g/mol. The number of rotatable bonds is 3. The first-order valence-corrected chi connectivity index (χ1v) is 6.13. The molecule has 0 saturated carbocycles. The van der Waals surface area contributed by atoms with Crippen LogP contribution in [0.1, 0.15) is 18.6 Å². The molecule has 7 heteroatoms. The molecule has 3 rings (SSSR count). The highest BCUT2D eigenvalue weighted by molar-refractivity contribution is 5.70. The van der Waals surface area contributed by atoms with Crippen LogP contribution in [0.15, 0.2) is 18.2 Å². The van der Waals surface area contributed by atoms with E-state index in [1.165, 1.54) is 6.92 Å². The molecule has 0 bridgehead atoms. The normalized spacial score (nSPS) is 21.1. The summed E-state index contributed by atoms with van der Waals surface area (Å²) in [4.78, 5) is 22.4. The predicted octanol–water partition coefficient (Wildman–Crippen LogP) is 1.13. The van der Waals surface area contributed by atoms with Crippen molar-refractivity contribution in [3.63, 3.8) is 0 Å². The molecule has 0 radical (unpaired) electrons. The average Bonchev–Trinajstić information content (AvgIpc) is 3.03. The minimum Gasteiger partial charge on any atom is -0.455 e. The molecule has 2 heterocycles. The fourth-order valence-electron chi connectivity index (χ4n) is 2.21. The van der Waals surface area contributed by atoms with Crippen LogP contribution in [0.3, 0.4) is 0 Å². The molecule has 20 heavy (non-hydrogen) atoms. The summed E-state index contributed by atoms with van der Waals surface area (Å²) in [6, 6.07) is 4.82. The molecule has 0 unspecified atom stereocenters. The van der Waals surface area contributed by atoms with Crippen molar-refractivity contribution in [1.82, 2.24) is 5.32 Å². The lowest BCUT2D eigenvalue weighted by Gasteiger charge is -2.22. The molecule has 106 valence electrons. The molecule has 1 aromatic rings. The number of hydrogen-bond donors (Lipinski definition) is 1. The SMILES string of the molecule is CC(=O)O[C@@H](c1ccc2c(c1)OCO2)[C@H]1COC(=O)N1. The average molecular weight is 279 g/mol. The summed E-state index contributed by atoms with van der Waals surface area (Å²) in [5.41, 5.74) is 0.709. The maximum absolute atomic E-state index is 11.3. The highest BCUT2D eigenvalue weighted by atomic mass is 16.7. The van der Waals surface area contributed by atoms with Crippen LogP contribution in [0, 0.1) is 0 Å². The van der Waals surface area contributed by atoms with Crippen molar-refractivity contribution in [3.8, 4) is 11.5 Å². The molecule has 1 aromatic carbocycles. The van der Waals surface area contributed by atoms with Crippen molar-refractivity contribution >= 4 is 12.1 Å². The Hall–Kier alpha value is -2.44. The lowest BCUT2D eigenvalue weighted by Crippen LogP contribution is -2.35. The van der Waals surface area contributed by atoms with E-state index >= 15 is 0 Å². The molecule has 2 aliphatic heterocycles. The maximum atomic E-state index is 11.3. The third kappa shape index (κ3) is 2.34. The number of benzene rings is 1. The van der Waals surface area contributed by atoms with Crippen molar-refractivity contribution in [2.75, 3.05) is 13.4 Å². The van der Waals surface area contributed by atoms with Crippen molar-refractivity contribution in [2.24, 2.45) is 0 Å². The van der Waals surface area contributed by atoms with E-state index in [4.69, 9.17) is 18.9 Å². The van der Waals surface area contributed by atoms with Gasteiger partial charge in [0, 0.05) is 6.92 Å². The Kier molecular flexibility index (Phi) is 3.09. The van der Waals surface area contributed by atoms with Gasteiger partial charge in [0.05, 0.1) is 0 Å². The minimum absolute atomic E-state index is 0.144. The van der Waals surface area contributed by atoms with Crippen LogP contribution in [0.4, 0.5) is 4.79 Å². The van der Waals surface area contributed by atoms with Gasteiger partial charge in [0.25, 0.3) is 0 Å². The third-order valence-electron chi connectivity index (χ3n) is 3.08. The Morgan fingerprint density at radius 2 is 2.15 bits per heavy atom. The topological polar surface area (TPSA) is 83.1 Å². The molecule has 0 aromatic heterocycles. The summed E-state index contributed by atoms with van der Waals surface area (Å²) in [6.45, 7) is 1.63. The van der Waals surface area contributed by atoms with Crippen molar-refractivity contribution < 1.29 is 28.5 Å². The molecule has 1 N–H and O–H groups in total. The first-order chi connectivity index (χ1) is 9.63. The van der Waals surface area contributed by atoms with Gasteiger partial charge >= 0.3 is 12.1 Å². The maximum Gasteiger partial charge on any atom is 0.407 e. The molecule has 2 atom stereocenters. The van der Waals surface area contributed by atoms with Gasteiger partial charge in [0.1, 0.15) is 12.6 Å². The lowest BCUT2D eigenvalue weighted by atomic mass is 10.0. The number of ether oxygens (including phenoxy) is 4. The van der Waals surface area contributed by atoms with Crippen molar-refractivity contribution in [3.05, 3.63) is 23.8 Å². The molecule has 0 aliphatic carbocycles. The summed E-state index contributed by atoms with van der Waals surface area (Å²) in [6.07, 6.45) is -1.15. The summed E-state index contributed by atoms with van der Waals surface area (Å²) < 4.78 is 20.7. The van der Waals surface area contributed by atoms with E-state index in [1.807, 2.05) is 0 Å². The Morgan fingerprint density at radius 3 is 2.85 bits per heavy atom. The fraction of sp³-hybridized carbons (Fsp3) is 0.385. The standard InChI is InChI=1S/C13H13NO6/c1-7(15)20-12(9-5-17-13(16)14-9)8-2-3-10-11(4-8)19-6-18-10/h2-4,9,12H,5-6H2,1H3,(H,14,16)/t9-,12+/m1/s1. The molecule has 0 spiro atoms. The van der Waals surface area contributed by atoms with E-state index in [-0.39, 0.29) is 13.4 Å². The number of hydrogen-bond acceptors (Lipinski definition) is 6. The van der Waals surface area contributed by atoms with Crippen LogP contribution in [0.5, 0.6) is 11.5 Å². The first kappa shape index (κ1) is 12.6. The van der Waals surface area contributed by atoms with Gasteiger partial charge in [0.15, 0.2) is 17.6 Å². The van der Waals surface area contributed by atoms with Gasteiger partial charge in [-0.15, -0.1) is 0 Å². The summed E-state index contributed by atoms with van der Waals surface area (Å²) in [7, 11) is 0. The Morgan fingerprint density at radius 1 is 1.35 bits per heavy atom.